The third-order valence-corrected chi connectivity index (χ3v) is 6.08. The molecule has 0 aliphatic carbocycles. The Bertz CT molecular complexity index is 623. The standard InChI is InChI=1S/C21H29NO2S/c1-4-22(5-2)16-15-21(20(23)24-3,19-12-9-17-25-19)14-13-18-10-7-6-8-11-18/h6-12,17H,4-5,13-16H2,1-3H3. The fraction of sp³-hybridized carbons (Fsp3) is 0.476. The van der Waals surface area contributed by atoms with Crippen LogP contribution in [0.4, 0.5) is 0 Å². The van der Waals surface area contributed by atoms with Crippen LogP contribution in [0.2, 0.25) is 0 Å². The summed E-state index contributed by atoms with van der Waals surface area (Å²) in [6.45, 7) is 7.22. The van der Waals surface area contributed by atoms with Crippen LogP contribution >= 0.6 is 11.3 Å². The molecule has 1 atom stereocenters. The lowest BCUT2D eigenvalue weighted by atomic mass is 9.77. The number of carbonyl (C=O) groups is 1. The Labute approximate surface area is 155 Å². The minimum absolute atomic E-state index is 0.113. The van der Waals surface area contributed by atoms with Crippen molar-refractivity contribution in [3.05, 3.63) is 58.3 Å². The van der Waals surface area contributed by atoms with Crippen LogP contribution in [0.25, 0.3) is 0 Å². The lowest BCUT2D eigenvalue weighted by Crippen LogP contribution is -2.40. The molecule has 0 aliphatic rings. The first-order chi connectivity index (χ1) is 12.2. The molecule has 25 heavy (non-hydrogen) atoms. The van der Waals surface area contributed by atoms with Crippen LogP contribution in [-0.2, 0) is 21.4 Å². The van der Waals surface area contributed by atoms with Crippen LogP contribution < -0.4 is 0 Å². The summed E-state index contributed by atoms with van der Waals surface area (Å²) in [5.41, 5.74) is 0.691. The van der Waals surface area contributed by atoms with Crippen LogP contribution in [0.5, 0.6) is 0 Å². The van der Waals surface area contributed by atoms with E-state index in [9.17, 15) is 4.79 Å². The van der Waals surface area contributed by atoms with Gasteiger partial charge in [-0.3, -0.25) is 4.79 Å². The van der Waals surface area contributed by atoms with Crippen molar-refractivity contribution >= 4 is 17.3 Å². The highest BCUT2D eigenvalue weighted by atomic mass is 32.1. The number of ether oxygens (including phenoxy) is 1. The Morgan fingerprint density at radius 3 is 2.36 bits per heavy atom. The molecule has 136 valence electrons. The van der Waals surface area contributed by atoms with Gasteiger partial charge in [-0.2, -0.15) is 0 Å². The van der Waals surface area contributed by atoms with Gasteiger partial charge in [-0.15, -0.1) is 11.3 Å². The van der Waals surface area contributed by atoms with Crippen LogP contribution in [0.3, 0.4) is 0 Å². The van der Waals surface area contributed by atoms with Crippen molar-refractivity contribution in [2.45, 2.75) is 38.5 Å². The van der Waals surface area contributed by atoms with E-state index in [0.29, 0.717) is 0 Å². The fourth-order valence-corrected chi connectivity index (χ4v) is 4.29. The summed E-state index contributed by atoms with van der Waals surface area (Å²) < 4.78 is 5.28. The molecule has 1 aromatic carbocycles. The van der Waals surface area contributed by atoms with Crippen molar-refractivity contribution in [3.8, 4) is 0 Å². The quantitative estimate of drug-likeness (QED) is 0.584. The van der Waals surface area contributed by atoms with E-state index < -0.39 is 5.41 Å². The average Bonchev–Trinajstić information content (AvgIpc) is 3.20. The fourth-order valence-electron chi connectivity index (χ4n) is 3.31. The normalized spacial score (nSPS) is 13.6. The minimum atomic E-state index is -0.568. The molecular formula is C21H29NO2S. The zero-order valence-corrected chi connectivity index (χ0v) is 16.3. The molecule has 3 nitrogen and oxygen atoms in total. The SMILES string of the molecule is CCN(CC)CCC(CCc1ccccc1)(C(=O)OC)c1cccs1. The molecule has 2 aromatic rings. The molecule has 0 aliphatic heterocycles. The number of aryl methyl sites for hydroxylation is 1. The highest BCUT2D eigenvalue weighted by molar-refractivity contribution is 7.10. The maximum Gasteiger partial charge on any atom is 0.317 e. The summed E-state index contributed by atoms with van der Waals surface area (Å²) in [6, 6.07) is 14.5. The summed E-state index contributed by atoms with van der Waals surface area (Å²) >= 11 is 1.66. The van der Waals surface area contributed by atoms with Gasteiger partial charge in [0.1, 0.15) is 5.41 Å². The molecule has 0 radical (unpaired) electrons. The number of benzene rings is 1. The predicted octanol–water partition coefficient (Wildman–Crippen LogP) is 4.52. The lowest BCUT2D eigenvalue weighted by molar-refractivity contribution is -0.148. The number of rotatable bonds is 10. The van der Waals surface area contributed by atoms with Gasteiger partial charge in [0.2, 0.25) is 0 Å². The topological polar surface area (TPSA) is 29.5 Å². The van der Waals surface area contributed by atoms with E-state index in [4.69, 9.17) is 4.74 Å². The Morgan fingerprint density at radius 2 is 1.80 bits per heavy atom. The Hall–Kier alpha value is -1.65. The smallest absolute Gasteiger partial charge is 0.317 e. The van der Waals surface area contributed by atoms with Gasteiger partial charge >= 0.3 is 5.97 Å². The van der Waals surface area contributed by atoms with Gasteiger partial charge in [0.15, 0.2) is 0 Å². The van der Waals surface area contributed by atoms with Crippen molar-refractivity contribution < 1.29 is 9.53 Å². The van der Waals surface area contributed by atoms with E-state index >= 15 is 0 Å². The van der Waals surface area contributed by atoms with E-state index in [1.54, 1.807) is 11.3 Å². The number of esters is 1. The summed E-state index contributed by atoms with van der Waals surface area (Å²) in [5.74, 6) is -0.113. The predicted molar refractivity (Wildman–Crippen MR) is 105 cm³/mol. The Morgan fingerprint density at radius 1 is 1.08 bits per heavy atom. The molecule has 1 unspecified atom stereocenters. The molecule has 0 N–H and O–H groups in total. The van der Waals surface area contributed by atoms with E-state index in [1.807, 2.05) is 17.5 Å². The van der Waals surface area contributed by atoms with E-state index in [2.05, 4.69) is 49.1 Å². The van der Waals surface area contributed by atoms with Gasteiger partial charge < -0.3 is 9.64 Å². The summed E-state index contributed by atoms with van der Waals surface area (Å²) in [7, 11) is 1.50. The number of carbonyl (C=O) groups excluding carboxylic acids is 1. The number of hydrogen-bond donors (Lipinski definition) is 0. The first-order valence-corrected chi connectivity index (χ1v) is 9.93. The first kappa shape index (κ1) is 19.7. The van der Waals surface area contributed by atoms with Crippen molar-refractivity contribution in [1.82, 2.24) is 4.90 Å². The van der Waals surface area contributed by atoms with Crippen molar-refractivity contribution in [2.24, 2.45) is 0 Å². The highest BCUT2D eigenvalue weighted by Crippen LogP contribution is 2.37. The maximum absolute atomic E-state index is 12.9. The Kier molecular flexibility index (Phi) is 7.66. The van der Waals surface area contributed by atoms with Gasteiger partial charge in [0, 0.05) is 4.88 Å². The van der Waals surface area contributed by atoms with Gasteiger partial charge in [0.05, 0.1) is 7.11 Å². The minimum Gasteiger partial charge on any atom is -0.468 e. The van der Waals surface area contributed by atoms with Crippen LogP contribution in [0.1, 0.15) is 37.1 Å². The van der Waals surface area contributed by atoms with Gasteiger partial charge in [0.25, 0.3) is 0 Å². The van der Waals surface area contributed by atoms with E-state index in [0.717, 1.165) is 43.8 Å². The molecular weight excluding hydrogens is 330 g/mol. The molecule has 0 saturated heterocycles. The zero-order chi connectivity index (χ0) is 18.1. The first-order valence-electron chi connectivity index (χ1n) is 9.05. The number of hydrogen-bond acceptors (Lipinski definition) is 4. The molecule has 2 rings (SSSR count). The maximum atomic E-state index is 12.9. The molecule has 1 heterocycles. The summed E-state index contributed by atoms with van der Waals surface area (Å²) in [4.78, 5) is 16.4. The average molecular weight is 360 g/mol. The third kappa shape index (κ3) is 4.93. The number of nitrogens with zero attached hydrogens (tertiary/aromatic N) is 1. The van der Waals surface area contributed by atoms with Gasteiger partial charge in [-0.25, -0.2) is 0 Å². The molecule has 1 aromatic heterocycles. The van der Waals surface area contributed by atoms with E-state index in [-0.39, 0.29) is 5.97 Å². The molecule has 0 bridgehead atoms. The second-order valence-corrected chi connectivity index (χ2v) is 7.26. The van der Waals surface area contributed by atoms with Crippen LogP contribution in [0.15, 0.2) is 47.8 Å². The third-order valence-electron chi connectivity index (χ3n) is 5.00. The van der Waals surface area contributed by atoms with Crippen molar-refractivity contribution in [2.75, 3.05) is 26.7 Å². The zero-order valence-electron chi connectivity index (χ0n) is 15.5. The lowest BCUT2D eigenvalue weighted by Gasteiger charge is -2.32. The molecule has 0 fully saturated rings. The molecule has 0 saturated carbocycles. The second-order valence-electron chi connectivity index (χ2n) is 6.31. The molecule has 4 heteroatoms. The van der Waals surface area contributed by atoms with Gasteiger partial charge in [-0.05, 0) is 55.9 Å². The van der Waals surface area contributed by atoms with E-state index in [1.165, 1.54) is 12.7 Å². The highest BCUT2D eigenvalue weighted by Gasteiger charge is 2.41. The number of thiophene rings is 1. The van der Waals surface area contributed by atoms with Gasteiger partial charge in [-0.1, -0.05) is 50.2 Å². The monoisotopic (exact) mass is 359 g/mol. The largest absolute Gasteiger partial charge is 0.468 e. The summed E-state index contributed by atoms with van der Waals surface area (Å²) in [5, 5.41) is 2.05. The molecule has 0 spiro atoms. The number of methoxy groups -OCH3 is 1. The van der Waals surface area contributed by atoms with Crippen LogP contribution in [0, 0.1) is 0 Å². The van der Waals surface area contributed by atoms with Crippen LogP contribution in [-0.4, -0.2) is 37.6 Å². The summed E-state index contributed by atoms with van der Waals surface area (Å²) in [6.07, 6.45) is 2.42. The molecule has 0 amide bonds. The van der Waals surface area contributed by atoms with Crippen molar-refractivity contribution in [3.63, 3.8) is 0 Å². The second kappa shape index (κ2) is 9.73. The Balaban J connectivity index is 2.28. The van der Waals surface area contributed by atoms with Crippen molar-refractivity contribution in [1.29, 1.82) is 0 Å².